The third-order valence-electron chi connectivity index (χ3n) is 2.10. The third kappa shape index (κ3) is 0.753. The van der Waals surface area contributed by atoms with E-state index in [1.54, 1.807) is 13.8 Å². The minimum atomic E-state index is -1.17. The topological polar surface area (TPSA) is 40.1 Å². The first-order valence-electron chi connectivity index (χ1n) is 2.90. The summed E-state index contributed by atoms with van der Waals surface area (Å²) in [6, 6.07) is 0. The Kier molecular flexibility index (Phi) is 1.47. The van der Waals surface area contributed by atoms with Crippen LogP contribution in [0, 0.1) is 11.3 Å². The molecule has 58 valence electrons. The van der Waals surface area contributed by atoms with Crippen molar-refractivity contribution in [2.24, 2.45) is 11.3 Å². The van der Waals surface area contributed by atoms with Crippen molar-refractivity contribution in [2.45, 2.75) is 18.2 Å². The first-order chi connectivity index (χ1) is 4.32. The van der Waals surface area contributed by atoms with Gasteiger partial charge in [0, 0.05) is 17.3 Å². The summed E-state index contributed by atoms with van der Waals surface area (Å²) in [5, 5.41) is 10.3. The molecule has 1 rings (SSSR count). The van der Waals surface area contributed by atoms with Gasteiger partial charge in [-0.15, -0.1) is 23.2 Å². The summed E-state index contributed by atoms with van der Waals surface area (Å²) in [4.78, 5) is 10.3. The summed E-state index contributed by atoms with van der Waals surface area (Å²) in [6.45, 7) is 3.40. The van der Waals surface area contributed by atoms with Gasteiger partial charge in [0.15, 0.2) is 0 Å². The van der Waals surface area contributed by atoms with Crippen molar-refractivity contribution in [3.63, 3.8) is 0 Å². The van der Waals surface area contributed by atoms with Crippen LogP contribution in [0.1, 0.15) is 13.8 Å². The van der Waals surface area contributed by atoms with E-state index < -0.39 is 21.6 Å². The lowest BCUT2D eigenvalue weighted by Crippen LogP contribution is -2.27. The van der Waals surface area contributed by atoms with Gasteiger partial charge in [-0.1, -0.05) is 13.8 Å². The number of hydrogen-bond donors (Lipinski definition) is 0. The summed E-state index contributed by atoms with van der Waals surface area (Å²) in [7, 11) is 0. The van der Waals surface area contributed by atoms with E-state index in [-0.39, 0.29) is 0 Å². The number of carbonyl (C=O) groups excluding carboxylic acids is 1. The van der Waals surface area contributed by atoms with Crippen LogP contribution in [0.4, 0.5) is 0 Å². The minimum Gasteiger partial charge on any atom is -0.550 e. The summed E-state index contributed by atoms with van der Waals surface area (Å²) in [5.74, 6) is -1.90. The van der Waals surface area contributed by atoms with Gasteiger partial charge in [0.1, 0.15) is 4.33 Å². The van der Waals surface area contributed by atoms with Gasteiger partial charge in [-0.25, -0.2) is 0 Å². The molecule has 1 fully saturated rings. The van der Waals surface area contributed by atoms with E-state index in [9.17, 15) is 9.90 Å². The molecular weight excluding hydrogens is 175 g/mol. The monoisotopic (exact) mass is 181 g/mol. The van der Waals surface area contributed by atoms with Crippen LogP contribution in [-0.2, 0) is 4.79 Å². The van der Waals surface area contributed by atoms with E-state index >= 15 is 0 Å². The number of hydrogen-bond acceptors (Lipinski definition) is 2. The lowest BCUT2D eigenvalue weighted by atomic mass is 10.1. The molecule has 1 atom stereocenters. The molecule has 0 aliphatic heterocycles. The maximum atomic E-state index is 10.3. The van der Waals surface area contributed by atoms with E-state index in [4.69, 9.17) is 23.2 Å². The van der Waals surface area contributed by atoms with Gasteiger partial charge in [0.2, 0.25) is 0 Å². The van der Waals surface area contributed by atoms with Crippen molar-refractivity contribution in [1.82, 2.24) is 0 Å². The Hall–Kier alpha value is 0.0500. The fourth-order valence-electron chi connectivity index (χ4n) is 1.10. The zero-order valence-corrected chi connectivity index (χ0v) is 7.16. The Bertz CT molecular complexity index is 172. The maximum Gasteiger partial charge on any atom is 0.132 e. The molecule has 0 heterocycles. The molecule has 1 aliphatic carbocycles. The van der Waals surface area contributed by atoms with E-state index in [0.29, 0.717) is 0 Å². The number of carboxylic acid groups (broad SMARTS) is 1. The molecule has 4 heteroatoms. The first kappa shape index (κ1) is 8.15. The molecule has 0 spiro atoms. The largest absolute Gasteiger partial charge is 0.550 e. The van der Waals surface area contributed by atoms with Crippen molar-refractivity contribution in [2.75, 3.05) is 0 Å². The highest BCUT2D eigenvalue weighted by molar-refractivity contribution is 6.53. The quantitative estimate of drug-likeness (QED) is 0.556. The predicted molar refractivity (Wildman–Crippen MR) is 36.7 cm³/mol. The molecule has 0 bridgehead atoms. The normalized spacial score (nSPS) is 33.4. The lowest BCUT2D eigenvalue weighted by molar-refractivity contribution is -0.308. The Morgan fingerprint density at radius 2 is 1.80 bits per heavy atom. The average Bonchev–Trinajstić information content (AvgIpc) is 1.97. The Morgan fingerprint density at radius 1 is 1.50 bits per heavy atom. The fraction of sp³-hybridized carbons (Fsp3) is 0.833. The molecule has 10 heavy (non-hydrogen) atoms. The third-order valence-corrected chi connectivity index (χ3v) is 3.51. The highest BCUT2D eigenvalue weighted by Gasteiger charge is 2.70. The number of rotatable bonds is 1. The summed E-state index contributed by atoms with van der Waals surface area (Å²) >= 11 is 11.3. The highest BCUT2D eigenvalue weighted by atomic mass is 35.5. The van der Waals surface area contributed by atoms with Crippen molar-refractivity contribution in [3.05, 3.63) is 0 Å². The molecule has 0 N–H and O–H groups in total. The molecule has 0 saturated heterocycles. The second kappa shape index (κ2) is 1.80. The molecule has 0 aromatic rings. The van der Waals surface area contributed by atoms with Gasteiger partial charge < -0.3 is 9.90 Å². The van der Waals surface area contributed by atoms with Crippen LogP contribution >= 0.6 is 23.2 Å². The van der Waals surface area contributed by atoms with Crippen LogP contribution in [0.25, 0.3) is 0 Å². The van der Waals surface area contributed by atoms with Gasteiger partial charge in [-0.3, -0.25) is 0 Å². The number of halogens is 2. The van der Waals surface area contributed by atoms with Crippen LogP contribution in [-0.4, -0.2) is 10.3 Å². The molecular formula is C6H7Cl2O2-. The van der Waals surface area contributed by atoms with E-state index in [1.165, 1.54) is 0 Å². The van der Waals surface area contributed by atoms with Crippen LogP contribution in [0.2, 0.25) is 0 Å². The second-order valence-corrected chi connectivity index (χ2v) is 4.48. The Balaban J connectivity index is 2.81. The molecule has 2 nitrogen and oxygen atoms in total. The highest BCUT2D eigenvalue weighted by Crippen LogP contribution is 2.68. The Labute approximate surface area is 69.1 Å². The number of aliphatic carboxylic acids is 1. The lowest BCUT2D eigenvalue weighted by Gasteiger charge is -1.99. The average molecular weight is 182 g/mol. The number of carbonyl (C=O) groups is 1. The van der Waals surface area contributed by atoms with Crippen LogP contribution in [0.15, 0.2) is 0 Å². The Morgan fingerprint density at radius 3 is 1.80 bits per heavy atom. The zero-order chi connectivity index (χ0) is 8.15. The fourth-order valence-corrected chi connectivity index (χ4v) is 1.93. The summed E-state index contributed by atoms with van der Waals surface area (Å²) in [5.41, 5.74) is -0.547. The van der Waals surface area contributed by atoms with Crippen LogP contribution in [0.3, 0.4) is 0 Å². The van der Waals surface area contributed by atoms with Crippen molar-refractivity contribution in [3.8, 4) is 0 Å². The van der Waals surface area contributed by atoms with Crippen molar-refractivity contribution >= 4 is 29.2 Å². The molecule has 1 aliphatic rings. The minimum absolute atomic E-state index is 0.547. The molecule has 0 aromatic heterocycles. The van der Waals surface area contributed by atoms with Crippen LogP contribution < -0.4 is 5.11 Å². The van der Waals surface area contributed by atoms with E-state index in [2.05, 4.69) is 0 Å². The summed E-state index contributed by atoms with van der Waals surface area (Å²) < 4.78 is -1.13. The standard InChI is InChI=1S/C6H8Cl2O2/c1-5(2)3(4(9)10)6(5,7)8/h3H,1-2H3,(H,9,10)/p-1. The number of carboxylic acids is 1. The van der Waals surface area contributed by atoms with Gasteiger partial charge in [0.25, 0.3) is 0 Å². The van der Waals surface area contributed by atoms with Gasteiger partial charge in [0.05, 0.1) is 0 Å². The molecule has 1 saturated carbocycles. The molecule has 0 aromatic carbocycles. The number of alkyl halides is 2. The van der Waals surface area contributed by atoms with E-state index in [0.717, 1.165) is 0 Å². The van der Waals surface area contributed by atoms with Gasteiger partial charge in [-0.05, 0) is 0 Å². The molecule has 0 amide bonds. The zero-order valence-electron chi connectivity index (χ0n) is 5.65. The smallest absolute Gasteiger partial charge is 0.132 e. The molecule has 0 radical (unpaired) electrons. The maximum absolute atomic E-state index is 10.3. The van der Waals surface area contributed by atoms with E-state index in [1.807, 2.05) is 0 Å². The molecule has 1 unspecified atom stereocenters. The first-order valence-corrected chi connectivity index (χ1v) is 3.66. The second-order valence-electron chi connectivity index (χ2n) is 3.10. The van der Waals surface area contributed by atoms with Gasteiger partial charge in [-0.2, -0.15) is 0 Å². The predicted octanol–water partition coefficient (Wildman–Crippen LogP) is 0.566. The van der Waals surface area contributed by atoms with Gasteiger partial charge >= 0.3 is 0 Å². The summed E-state index contributed by atoms with van der Waals surface area (Å²) in [6.07, 6.45) is 0. The van der Waals surface area contributed by atoms with Crippen molar-refractivity contribution in [1.29, 1.82) is 0 Å². The van der Waals surface area contributed by atoms with Crippen LogP contribution in [0.5, 0.6) is 0 Å². The van der Waals surface area contributed by atoms with Crippen molar-refractivity contribution < 1.29 is 9.90 Å². The SMILES string of the molecule is CC1(C)C(C(=O)[O-])C1(Cl)Cl.